The maximum atomic E-state index is 11.8. The van der Waals surface area contributed by atoms with E-state index in [2.05, 4.69) is 4.84 Å². The van der Waals surface area contributed by atoms with E-state index in [0.29, 0.717) is 13.1 Å². The molecule has 2 heterocycles. The van der Waals surface area contributed by atoms with Crippen molar-refractivity contribution in [3.05, 3.63) is 21.9 Å². The Morgan fingerprint density at radius 2 is 2.32 bits per heavy atom. The van der Waals surface area contributed by atoms with E-state index in [1.54, 1.807) is 16.2 Å². The maximum Gasteiger partial charge on any atom is 0.413 e. The molecule has 19 heavy (non-hydrogen) atoms. The average molecular weight is 294 g/mol. The van der Waals surface area contributed by atoms with Crippen LogP contribution in [-0.4, -0.2) is 36.7 Å². The van der Waals surface area contributed by atoms with Gasteiger partial charge in [0.1, 0.15) is 6.54 Å². The third-order valence-corrected chi connectivity index (χ3v) is 3.74. The Hall–Kier alpha value is -1.12. The van der Waals surface area contributed by atoms with E-state index < -0.39 is 12.8 Å². The van der Waals surface area contributed by atoms with Gasteiger partial charge in [-0.15, -0.1) is 11.3 Å². The van der Waals surface area contributed by atoms with Crippen LogP contribution in [0.5, 0.6) is 0 Å². The van der Waals surface area contributed by atoms with E-state index in [0.717, 1.165) is 12.0 Å². The number of rotatable bonds is 4. The fraction of sp³-hybridized carbons (Fsp3) is 0.545. The first-order valence-electron chi connectivity index (χ1n) is 5.70. The highest BCUT2D eigenvalue weighted by molar-refractivity contribution is 7.10. The minimum Gasteiger partial charge on any atom is -0.337 e. The van der Waals surface area contributed by atoms with E-state index in [-0.39, 0.29) is 12.5 Å². The Morgan fingerprint density at radius 1 is 1.53 bits per heavy atom. The Morgan fingerprint density at radius 3 is 3.05 bits per heavy atom. The van der Waals surface area contributed by atoms with Crippen molar-refractivity contribution in [2.75, 3.05) is 19.7 Å². The highest BCUT2D eigenvalue weighted by Crippen LogP contribution is 2.23. The van der Waals surface area contributed by atoms with Gasteiger partial charge in [0.05, 0.1) is 0 Å². The lowest BCUT2D eigenvalue weighted by molar-refractivity contribution is -0.190. The van der Waals surface area contributed by atoms with Crippen molar-refractivity contribution >= 4 is 17.2 Å². The summed E-state index contributed by atoms with van der Waals surface area (Å²) < 4.78 is 35.4. The molecule has 0 saturated heterocycles. The summed E-state index contributed by atoms with van der Waals surface area (Å²) in [7, 11) is 0. The largest absolute Gasteiger partial charge is 0.413 e. The lowest BCUT2D eigenvalue weighted by Crippen LogP contribution is -2.41. The third-order valence-electron chi connectivity index (χ3n) is 2.72. The Balaban J connectivity index is 1.73. The Labute approximate surface area is 112 Å². The maximum absolute atomic E-state index is 11.8. The van der Waals surface area contributed by atoms with Crippen LogP contribution < -0.4 is 5.48 Å². The molecule has 0 radical (unpaired) electrons. The van der Waals surface area contributed by atoms with Crippen LogP contribution in [0.2, 0.25) is 0 Å². The molecule has 0 spiro atoms. The van der Waals surface area contributed by atoms with Gasteiger partial charge in [0.15, 0.2) is 6.61 Å². The Bertz CT molecular complexity index is 447. The average Bonchev–Trinajstić information content (AvgIpc) is 2.80. The number of carbonyl (C=O) groups is 1. The topological polar surface area (TPSA) is 41.6 Å². The molecule has 0 bridgehead atoms. The summed E-state index contributed by atoms with van der Waals surface area (Å²) in [6, 6.07) is 1.97. The minimum absolute atomic E-state index is 0.254. The molecule has 4 nitrogen and oxygen atoms in total. The second kappa shape index (κ2) is 5.89. The molecule has 1 aromatic rings. The fourth-order valence-corrected chi connectivity index (χ4v) is 2.71. The van der Waals surface area contributed by atoms with Crippen LogP contribution in [0.15, 0.2) is 11.4 Å². The van der Waals surface area contributed by atoms with Gasteiger partial charge in [-0.05, 0) is 23.4 Å². The molecule has 0 aliphatic carbocycles. The standard InChI is InChI=1S/C11H13F3N2O2S/c12-11(13,14)7-18-15-5-10(17)16-3-1-9-8(6-16)2-4-19-9/h2,4,15H,1,3,5-7H2. The van der Waals surface area contributed by atoms with E-state index >= 15 is 0 Å². The monoisotopic (exact) mass is 294 g/mol. The number of carbonyl (C=O) groups excluding carboxylic acids is 1. The van der Waals surface area contributed by atoms with Gasteiger partial charge in [-0.25, -0.2) is 0 Å². The summed E-state index contributed by atoms with van der Waals surface area (Å²) in [5, 5.41) is 1.98. The first-order chi connectivity index (χ1) is 8.96. The molecule has 0 saturated carbocycles. The zero-order valence-corrected chi connectivity index (χ0v) is 10.8. The lowest BCUT2D eigenvalue weighted by Gasteiger charge is -2.27. The molecule has 0 fully saturated rings. The number of nitrogens with one attached hydrogen (secondary N) is 1. The number of alkyl halides is 3. The van der Waals surface area contributed by atoms with E-state index in [9.17, 15) is 18.0 Å². The van der Waals surface area contributed by atoms with Crippen molar-refractivity contribution in [2.24, 2.45) is 0 Å². The highest BCUT2D eigenvalue weighted by atomic mass is 32.1. The zero-order valence-electron chi connectivity index (χ0n) is 10.00. The molecule has 0 aromatic carbocycles. The van der Waals surface area contributed by atoms with Gasteiger partial charge in [-0.2, -0.15) is 18.7 Å². The van der Waals surface area contributed by atoms with Crippen LogP contribution in [-0.2, 0) is 22.6 Å². The van der Waals surface area contributed by atoms with Gasteiger partial charge in [-0.1, -0.05) is 0 Å². The minimum atomic E-state index is -4.40. The third kappa shape index (κ3) is 4.19. The number of fused-ring (bicyclic) bond motifs is 1. The molecule has 0 atom stereocenters. The molecular formula is C11H13F3N2O2S. The number of hydrogen-bond donors (Lipinski definition) is 1. The number of nitrogens with zero attached hydrogens (tertiary/aromatic N) is 1. The molecule has 1 aromatic heterocycles. The normalized spacial score (nSPS) is 15.4. The highest BCUT2D eigenvalue weighted by Gasteiger charge is 2.28. The number of hydrogen-bond acceptors (Lipinski definition) is 4. The predicted octanol–water partition coefficient (Wildman–Crippen LogP) is 1.72. The molecule has 2 rings (SSSR count). The van der Waals surface area contributed by atoms with E-state index in [1.165, 1.54) is 4.88 Å². The summed E-state index contributed by atoms with van der Waals surface area (Å²) in [6.45, 7) is -0.559. The molecule has 1 N–H and O–H groups in total. The summed E-state index contributed by atoms with van der Waals surface area (Å²) in [5.74, 6) is -0.265. The van der Waals surface area contributed by atoms with Crippen LogP contribution in [0.25, 0.3) is 0 Å². The van der Waals surface area contributed by atoms with Crippen molar-refractivity contribution in [1.29, 1.82) is 0 Å². The molecule has 8 heteroatoms. The van der Waals surface area contributed by atoms with Crippen molar-refractivity contribution < 1.29 is 22.8 Å². The van der Waals surface area contributed by atoms with Gasteiger partial charge in [0.2, 0.25) is 5.91 Å². The number of hydroxylamine groups is 1. The lowest BCUT2D eigenvalue weighted by atomic mass is 10.1. The number of halogens is 3. The van der Waals surface area contributed by atoms with Crippen molar-refractivity contribution in [1.82, 2.24) is 10.4 Å². The summed E-state index contributed by atoms with van der Waals surface area (Å²) in [5.41, 5.74) is 3.16. The number of amides is 1. The number of thiophene rings is 1. The second-order valence-electron chi connectivity index (χ2n) is 4.16. The van der Waals surface area contributed by atoms with Gasteiger partial charge in [0.25, 0.3) is 0 Å². The van der Waals surface area contributed by atoms with Crippen LogP contribution in [0, 0.1) is 0 Å². The molecule has 1 aliphatic heterocycles. The zero-order chi connectivity index (χ0) is 13.9. The van der Waals surface area contributed by atoms with E-state index in [1.807, 2.05) is 16.9 Å². The van der Waals surface area contributed by atoms with Crippen molar-refractivity contribution in [2.45, 2.75) is 19.1 Å². The molecule has 1 aliphatic rings. The van der Waals surface area contributed by atoms with Gasteiger partial charge in [0, 0.05) is 18.0 Å². The predicted molar refractivity (Wildman–Crippen MR) is 63.4 cm³/mol. The molecular weight excluding hydrogens is 281 g/mol. The van der Waals surface area contributed by atoms with Crippen LogP contribution in [0.1, 0.15) is 10.4 Å². The van der Waals surface area contributed by atoms with Crippen molar-refractivity contribution in [3.63, 3.8) is 0 Å². The first kappa shape index (κ1) is 14.3. The van der Waals surface area contributed by atoms with Gasteiger partial charge < -0.3 is 4.90 Å². The Kier molecular flexibility index (Phi) is 4.43. The molecule has 106 valence electrons. The van der Waals surface area contributed by atoms with Gasteiger partial charge in [-0.3, -0.25) is 9.63 Å². The van der Waals surface area contributed by atoms with Crippen LogP contribution >= 0.6 is 11.3 Å². The first-order valence-corrected chi connectivity index (χ1v) is 6.58. The SMILES string of the molecule is O=C(CNOCC(F)(F)F)N1CCc2sccc2C1. The van der Waals surface area contributed by atoms with Crippen LogP contribution in [0.3, 0.4) is 0 Å². The van der Waals surface area contributed by atoms with Crippen LogP contribution in [0.4, 0.5) is 13.2 Å². The molecule has 1 amide bonds. The van der Waals surface area contributed by atoms with Gasteiger partial charge >= 0.3 is 6.18 Å². The summed E-state index contributed by atoms with van der Waals surface area (Å²) in [6.07, 6.45) is -3.60. The second-order valence-corrected chi connectivity index (χ2v) is 5.16. The summed E-state index contributed by atoms with van der Waals surface area (Å²) >= 11 is 1.66. The van der Waals surface area contributed by atoms with E-state index in [4.69, 9.17) is 0 Å². The smallest absolute Gasteiger partial charge is 0.337 e. The van der Waals surface area contributed by atoms with Crippen molar-refractivity contribution in [3.8, 4) is 0 Å². The quantitative estimate of drug-likeness (QED) is 0.679. The molecule has 0 unspecified atom stereocenters. The summed E-state index contributed by atoms with van der Waals surface area (Å²) in [4.78, 5) is 18.8. The fourth-order valence-electron chi connectivity index (χ4n) is 1.82.